The van der Waals surface area contributed by atoms with E-state index in [0.29, 0.717) is 18.4 Å². The average molecular weight is 321 g/mol. The van der Waals surface area contributed by atoms with Gasteiger partial charge in [-0.05, 0) is 30.5 Å². The second kappa shape index (κ2) is 5.13. The molecule has 1 aliphatic rings. The first kappa shape index (κ1) is 14.6. The van der Waals surface area contributed by atoms with Gasteiger partial charge < -0.3 is 0 Å². The molecule has 1 heterocycles. The van der Waals surface area contributed by atoms with Crippen molar-refractivity contribution in [3.63, 3.8) is 0 Å². The van der Waals surface area contributed by atoms with E-state index < -0.39 is 27.2 Å². The molecule has 1 aromatic heterocycles. The zero-order valence-corrected chi connectivity index (χ0v) is 12.2. The molecule has 6 nitrogen and oxygen atoms in total. The van der Waals surface area contributed by atoms with Crippen molar-refractivity contribution >= 4 is 15.9 Å². The molecule has 1 amide bonds. The Hall–Kier alpha value is -2.35. The Kier molecular flexibility index (Phi) is 3.40. The highest BCUT2D eigenvalue weighted by Gasteiger charge is 2.52. The number of amides is 1. The van der Waals surface area contributed by atoms with Gasteiger partial charge in [-0.2, -0.15) is 8.42 Å². The average Bonchev–Trinajstić information content (AvgIpc) is 3.30. The second-order valence-corrected chi connectivity index (χ2v) is 6.70. The molecular weight excluding hydrogens is 309 g/mol. The Balaban J connectivity index is 1.84. The molecule has 0 aliphatic heterocycles. The van der Waals surface area contributed by atoms with Crippen LogP contribution in [0.1, 0.15) is 18.4 Å². The highest BCUT2D eigenvalue weighted by molar-refractivity contribution is 7.90. The van der Waals surface area contributed by atoms with Crippen LogP contribution in [0.4, 0.5) is 4.39 Å². The molecule has 0 spiro atoms. The van der Waals surface area contributed by atoms with Crippen LogP contribution < -0.4 is 4.72 Å². The number of hydrogen-bond donors (Lipinski definition) is 1. The van der Waals surface area contributed by atoms with E-state index in [4.69, 9.17) is 0 Å². The molecule has 114 valence electrons. The van der Waals surface area contributed by atoms with Gasteiger partial charge in [0.05, 0.1) is 11.6 Å². The van der Waals surface area contributed by atoms with E-state index in [1.165, 1.54) is 36.7 Å². The number of halogens is 1. The second-order valence-electron chi connectivity index (χ2n) is 5.07. The molecule has 0 bridgehead atoms. The third kappa shape index (κ3) is 2.57. The Labute approximate surface area is 126 Å². The normalized spacial score (nSPS) is 16.0. The summed E-state index contributed by atoms with van der Waals surface area (Å²) >= 11 is 0. The maximum Gasteiger partial charge on any atom is 0.283 e. The molecule has 22 heavy (non-hydrogen) atoms. The lowest BCUT2D eigenvalue weighted by Gasteiger charge is -2.15. The Morgan fingerprint density at radius 3 is 2.41 bits per heavy atom. The number of aromatic nitrogens is 2. The van der Waals surface area contributed by atoms with E-state index in [2.05, 4.69) is 9.97 Å². The van der Waals surface area contributed by atoms with Crippen molar-refractivity contribution < 1.29 is 17.6 Å². The Bertz CT molecular complexity index is 803. The minimum atomic E-state index is -4.07. The molecule has 1 aliphatic carbocycles. The minimum absolute atomic E-state index is 0.321. The number of carbonyl (C=O) groups is 1. The lowest BCUT2D eigenvalue weighted by atomic mass is 9.95. The topological polar surface area (TPSA) is 89.0 Å². The van der Waals surface area contributed by atoms with Crippen molar-refractivity contribution in [3.8, 4) is 0 Å². The van der Waals surface area contributed by atoms with Crippen LogP contribution >= 0.6 is 0 Å². The van der Waals surface area contributed by atoms with Crippen molar-refractivity contribution in [2.75, 3.05) is 0 Å². The lowest BCUT2D eigenvalue weighted by Crippen LogP contribution is -2.39. The van der Waals surface area contributed by atoms with Crippen molar-refractivity contribution in [1.82, 2.24) is 14.7 Å². The monoisotopic (exact) mass is 321 g/mol. The number of sulfonamides is 1. The van der Waals surface area contributed by atoms with Crippen LogP contribution in [-0.4, -0.2) is 24.3 Å². The lowest BCUT2D eigenvalue weighted by molar-refractivity contribution is -0.121. The van der Waals surface area contributed by atoms with Crippen molar-refractivity contribution in [2.45, 2.75) is 23.3 Å². The zero-order valence-electron chi connectivity index (χ0n) is 11.4. The molecule has 0 unspecified atom stereocenters. The number of nitrogens with one attached hydrogen (secondary N) is 1. The molecular formula is C14H12FN3O3S. The van der Waals surface area contributed by atoms with Crippen molar-refractivity contribution in [1.29, 1.82) is 0 Å². The summed E-state index contributed by atoms with van der Waals surface area (Å²) in [7, 11) is -4.07. The Morgan fingerprint density at radius 2 is 1.86 bits per heavy atom. The summed E-state index contributed by atoms with van der Waals surface area (Å²) in [5.41, 5.74) is -0.316. The fraction of sp³-hybridized carbons (Fsp3) is 0.214. The van der Waals surface area contributed by atoms with Crippen LogP contribution in [0.5, 0.6) is 0 Å². The van der Waals surface area contributed by atoms with Gasteiger partial charge >= 0.3 is 0 Å². The third-order valence-electron chi connectivity index (χ3n) is 3.62. The summed E-state index contributed by atoms with van der Waals surface area (Å²) in [6.07, 6.45) is 4.65. The summed E-state index contributed by atoms with van der Waals surface area (Å²) in [6, 6.07) is 5.49. The van der Waals surface area contributed by atoms with Crippen LogP contribution in [-0.2, 0) is 20.2 Å². The standard InChI is InChI=1S/C14H12FN3O3S/c15-11-3-1-10(2-4-11)14(5-6-14)13(19)18-22(20,21)12-9-16-7-8-17-12/h1-4,7-9H,5-6H2,(H,18,19). The number of nitrogens with zero attached hydrogens (tertiary/aromatic N) is 2. The third-order valence-corrected chi connectivity index (χ3v) is 4.84. The molecule has 0 atom stereocenters. The summed E-state index contributed by atoms with van der Waals surface area (Å²) in [4.78, 5) is 19.7. The molecule has 1 N–H and O–H groups in total. The van der Waals surface area contributed by atoms with Crippen molar-refractivity contribution in [2.24, 2.45) is 0 Å². The van der Waals surface area contributed by atoms with Crippen LogP contribution in [0.3, 0.4) is 0 Å². The summed E-state index contributed by atoms with van der Waals surface area (Å²) in [5.74, 6) is -1.04. The number of carbonyl (C=O) groups excluding carboxylic acids is 1. The van der Waals surface area contributed by atoms with Crippen LogP contribution in [0.15, 0.2) is 47.9 Å². The van der Waals surface area contributed by atoms with Gasteiger partial charge in [-0.1, -0.05) is 12.1 Å². The molecule has 1 aromatic carbocycles. The summed E-state index contributed by atoms with van der Waals surface area (Å²) in [5, 5.41) is -0.321. The van der Waals surface area contributed by atoms with E-state index in [0.717, 1.165) is 6.20 Å². The van der Waals surface area contributed by atoms with Gasteiger partial charge in [0.25, 0.3) is 10.0 Å². The predicted molar refractivity (Wildman–Crippen MR) is 74.7 cm³/mol. The van der Waals surface area contributed by atoms with Gasteiger partial charge in [0.2, 0.25) is 5.91 Å². The molecule has 2 aromatic rings. The molecule has 0 saturated heterocycles. The molecule has 1 fully saturated rings. The van der Waals surface area contributed by atoms with E-state index >= 15 is 0 Å². The molecule has 8 heteroatoms. The van der Waals surface area contributed by atoms with Gasteiger partial charge in [-0.25, -0.2) is 14.1 Å². The van der Waals surface area contributed by atoms with Gasteiger partial charge in [-0.15, -0.1) is 0 Å². The van der Waals surface area contributed by atoms with E-state index in [1.54, 1.807) is 0 Å². The Morgan fingerprint density at radius 1 is 1.18 bits per heavy atom. The smallest absolute Gasteiger partial charge is 0.273 e. The fourth-order valence-corrected chi connectivity index (χ4v) is 3.18. The van der Waals surface area contributed by atoms with E-state index in [9.17, 15) is 17.6 Å². The van der Waals surface area contributed by atoms with Gasteiger partial charge in [0, 0.05) is 12.4 Å². The first-order valence-electron chi connectivity index (χ1n) is 6.53. The van der Waals surface area contributed by atoms with Gasteiger partial charge in [-0.3, -0.25) is 9.78 Å². The quantitative estimate of drug-likeness (QED) is 0.912. The number of hydrogen-bond acceptors (Lipinski definition) is 5. The summed E-state index contributed by atoms with van der Waals surface area (Å²) in [6.45, 7) is 0. The fourth-order valence-electron chi connectivity index (χ4n) is 2.24. The van der Waals surface area contributed by atoms with E-state index in [1.807, 2.05) is 4.72 Å². The van der Waals surface area contributed by atoms with Gasteiger partial charge in [0.1, 0.15) is 5.82 Å². The first-order chi connectivity index (χ1) is 10.4. The van der Waals surface area contributed by atoms with Crippen LogP contribution in [0.2, 0.25) is 0 Å². The predicted octanol–water partition coefficient (Wildman–Crippen LogP) is 1.15. The summed E-state index contributed by atoms with van der Waals surface area (Å²) < 4.78 is 39.2. The zero-order chi connectivity index (χ0) is 15.8. The number of benzene rings is 1. The van der Waals surface area contributed by atoms with E-state index in [-0.39, 0.29) is 5.03 Å². The highest BCUT2D eigenvalue weighted by Crippen LogP contribution is 2.48. The SMILES string of the molecule is O=C(NS(=O)(=O)c1cnccn1)C1(c2ccc(F)cc2)CC1. The highest BCUT2D eigenvalue weighted by atomic mass is 32.2. The maximum absolute atomic E-state index is 13.0. The molecule has 1 saturated carbocycles. The molecule has 3 rings (SSSR count). The molecule has 0 radical (unpaired) electrons. The maximum atomic E-state index is 13.0. The number of rotatable bonds is 4. The van der Waals surface area contributed by atoms with Crippen LogP contribution in [0.25, 0.3) is 0 Å². The minimum Gasteiger partial charge on any atom is -0.273 e. The first-order valence-corrected chi connectivity index (χ1v) is 8.02. The largest absolute Gasteiger partial charge is 0.283 e. The van der Waals surface area contributed by atoms with Crippen molar-refractivity contribution in [3.05, 3.63) is 54.2 Å². The van der Waals surface area contributed by atoms with Crippen LogP contribution in [0, 0.1) is 5.82 Å². The van der Waals surface area contributed by atoms with Gasteiger partial charge in [0.15, 0.2) is 5.03 Å².